The lowest BCUT2D eigenvalue weighted by Gasteiger charge is -2.37. The zero-order valence-electron chi connectivity index (χ0n) is 22.2. The molecule has 39 heavy (non-hydrogen) atoms. The fraction of sp³-hybridized carbons (Fsp3) is 0.258. The fourth-order valence-electron chi connectivity index (χ4n) is 5.98. The summed E-state index contributed by atoms with van der Waals surface area (Å²) in [5, 5.41) is 8.56. The Kier molecular flexibility index (Phi) is 6.30. The lowest BCUT2D eigenvalue weighted by molar-refractivity contribution is -0.140. The van der Waals surface area contributed by atoms with Gasteiger partial charge < -0.3 is 19.8 Å². The molecule has 1 aliphatic heterocycles. The number of nitrogens with zero attached hydrogens (tertiary/aromatic N) is 2. The molecule has 0 saturated heterocycles. The van der Waals surface area contributed by atoms with E-state index in [0.717, 1.165) is 39.0 Å². The molecule has 0 amide bonds. The summed E-state index contributed by atoms with van der Waals surface area (Å²) < 4.78 is 13.1. The van der Waals surface area contributed by atoms with Gasteiger partial charge in [-0.25, -0.2) is 4.79 Å². The molecule has 0 spiro atoms. The van der Waals surface area contributed by atoms with Gasteiger partial charge in [0.25, 0.3) is 0 Å². The summed E-state index contributed by atoms with van der Waals surface area (Å²) in [5.74, 6) is -0.241. The molecule has 2 aromatic heterocycles. The first kappa shape index (κ1) is 24.7. The minimum absolute atomic E-state index is 0. The quantitative estimate of drug-likeness (QED) is 0.322. The number of methoxy groups -OCH3 is 1. The summed E-state index contributed by atoms with van der Waals surface area (Å²) >= 11 is 0. The van der Waals surface area contributed by atoms with Crippen molar-refractivity contribution in [1.82, 2.24) is 20.1 Å². The minimum Gasteiger partial charge on any atom is -0.496 e. The van der Waals surface area contributed by atoms with E-state index < -0.39 is 11.9 Å². The number of ketones is 1. The first-order valence-corrected chi connectivity index (χ1v) is 13.0. The maximum atomic E-state index is 14.0. The maximum Gasteiger partial charge on any atom is 0.337 e. The Morgan fingerprint density at radius 3 is 2.74 bits per heavy atom. The number of hydrogen-bond acceptors (Lipinski definition) is 6. The lowest BCUT2D eigenvalue weighted by atomic mass is 9.71. The van der Waals surface area contributed by atoms with Crippen LogP contribution in [0.5, 0.6) is 5.75 Å². The van der Waals surface area contributed by atoms with E-state index in [4.69, 9.17) is 9.47 Å². The van der Waals surface area contributed by atoms with Crippen molar-refractivity contribution in [2.45, 2.75) is 38.2 Å². The van der Waals surface area contributed by atoms with Crippen molar-refractivity contribution in [3.05, 3.63) is 106 Å². The van der Waals surface area contributed by atoms with Gasteiger partial charge in [-0.15, -0.1) is 0 Å². The second-order valence-corrected chi connectivity index (χ2v) is 10.1. The highest BCUT2D eigenvalue weighted by atomic mass is 16.5. The molecule has 0 saturated carbocycles. The highest BCUT2D eigenvalue weighted by Gasteiger charge is 2.42. The second kappa shape index (κ2) is 9.94. The Balaban J connectivity index is 0.00000194. The predicted octanol–water partition coefficient (Wildman–Crippen LogP) is 5.51. The molecule has 3 heterocycles. The number of Topliss-reactive ketones (excluding diaryl/α,β-unsaturated/α-hetero) is 1. The molecule has 2 N–H and O–H groups in total. The number of rotatable bonds is 6. The zero-order valence-corrected chi connectivity index (χ0v) is 22.2. The normalized spacial score (nSPS) is 19.2. The maximum absolute atomic E-state index is 14.0. The summed E-state index contributed by atoms with van der Waals surface area (Å²) in [4.78, 5) is 30.9. The van der Waals surface area contributed by atoms with Crippen LogP contribution >= 0.6 is 0 Å². The molecule has 0 bridgehead atoms. The highest BCUT2D eigenvalue weighted by molar-refractivity contribution is 6.05. The van der Waals surface area contributed by atoms with Gasteiger partial charge in [0, 0.05) is 74.0 Å². The molecule has 4 aromatic rings. The van der Waals surface area contributed by atoms with Crippen LogP contribution in [0.4, 0.5) is 0 Å². The molecule has 0 fully saturated rings. The average molecular weight is 527 g/mol. The van der Waals surface area contributed by atoms with Crippen LogP contribution in [0.2, 0.25) is 0 Å². The van der Waals surface area contributed by atoms with Crippen molar-refractivity contribution < 1.29 is 21.9 Å². The van der Waals surface area contributed by atoms with Gasteiger partial charge in [0.2, 0.25) is 0 Å². The van der Waals surface area contributed by atoms with Crippen LogP contribution in [0, 0.1) is 0 Å². The van der Waals surface area contributed by atoms with Gasteiger partial charge in [-0.05, 0) is 42.7 Å². The van der Waals surface area contributed by atoms with E-state index in [1.54, 1.807) is 18.0 Å². The van der Waals surface area contributed by atoms with Gasteiger partial charge in [0.15, 0.2) is 5.78 Å². The Labute approximate surface area is 229 Å². The highest BCUT2D eigenvalue weighted by Crippen LogP contribution is 2.48. The Bertz CT molecular complexity index is 1670. The van der Waals surface area contributed by atoms with Gasteiger partial charge in [0.05, 0.1) is 18.9 Å². The number of aryl methyl sites for hydroxylation is 1. The summed E-state index contributed by atoms with van der Waals surface area (Å²) in [7, 11) is 3.47. The number of benzene rings is 2. The van der Waals surface area contributed by atoms with Gasteiger partial charge in [-0.3, -0.25) is 9.48 Å². The number of carbonyl (C=O) groups is 2. The smallest absolute Gasteiger partial charge is 0.337 e. The van der Waals surface area contributed by atoms with Crippen LogP contribution in [0.3, 0.4) is 0 Å². The molecule has 0 radical (unpaired) electrons. The Morgan fingerprint density at radius 2 is 1.95 bits per heavy atom. The summed E-state index contributed by atoms with van der Waals surface area (Å²) in [5.41, 5.74) is 6.28. The third-order valence-electron chi connectivity index (χ3n) is 7.69. The summed E-state index contributed by atoms with van der Waals surface area (Å²) in [6.45, 7) is 1.98. The van der Waals surface area contributed by atoms with E-state index in [-0.39, 0.29) is 21.2 Å². The molecule has 6 rings (SSSR count). The molecule has 8 nitrogen and oxygen atoms in total. The number of aromatic amines is 1. The number of dihydropyridines is 1. The molecule has 8 heteroatoms. The summed E-state index contributed by atoms with van der Waals surface area (Å²) in [6, 6.07) is 15.8. The number of aromatic nitrogens is 3. The monoisotopic (exact) mass is 526 g/mol. The SMILES string of the molecule is COc1ccccc1[C@H]1CC(=O)C2=C(C1)NC(C)=C(C(=O)OCc1cnn(C)c1)C2c1cccc2[nH]ccc12.[HH].[HH]. The van der Waals surface area contributed by atoms with Crippen LogP contribution in [-0.4, -0.2) is 33.6 Å². The van der Waals surface area contributed by atoms with Crippen molar-refractivity contribution >= 4 is 22.7 Å². The summed E-state index contributed by atoms with van der Waals surface area (Å²) in [6.07, 6.45) is 6.33. The molecule has 202 valence electrons. The van der Waals surface area contributed by atoms with Gasteiger partial charge in [-0.2, -0.15) is 5.10 Å². The van der Waals surface area contributed by atoms with Gasteiger partial charge in [0.1, 0.15) is 12.4 Å². The second-order valence-electron chi connectivity index (χ2n) is 10.1. The third-order valence-corrected chi connectivity index (χ3v) is 7.69. The van der Waals surface area contributed by atoms with Crippen molar-refractivity contribution in [3.63, 3.8) is 0 Å². The molecular formula is C31H34N4O4. The standard InChI is InChI=1S/C31H30N4O4.2H2/c1-18-28(31(37)39-17-19-15-33-35(2)16-19)29(23-8-6-9-24-22(23)11-12-32-24)30-25(34-18)13-20(14-26(30)36)21-7-4-5-10-27(21)38-3;;/h4-12,15-16,20,29,32,34H,13-14,17H2,1-3H3;2*1H/t20-,29?;;/m1../s1. The Morgan fingerprint density at radius 1 is 1.13 bits per heavy atom. The van der Waals surface area contributed by atoms with Crippen LogP contribution in [0.15, 0.2) is 89.7 Å². The largest absolute Gasteiger partial charge is 0.496 e. The van der Waals surface area contributed by atoms with E-state index >= 15 is 0 Å². The van der Waals surface area contributed by atoms with Crippen molar-refractivity contribution in [2.24, 2.45) is 7.05 Å². The van der Waals surface area contributed by atoms with Crippen molar-refractivity contribution in [3.8, 4) is 5.75 Å². The van der Waals surface area contributed by atoms with Crippen LogP contribution in [-0.2, 0) is 28.0 Å². The number of H-pyrrole nitrogens is 1. The van der Waals surface area contributed by atoms with E-state index in [1.165, 1.54) is 0 Å². The van der Waals surface area contributed by atoms with E-state index in [2.05, 4.69) is 15.4 Å². The average Bonchev–Trinajstić information content (AvgIpc) is 3.59. The lowest BCUT2D eigenvalue weighted by Crippen LogP contribution is -2.36. The van der Waals surface area contributed by atoms with Crippen molar-refractivity contribution in [2.75, 3.05) is 7.11 Å². The van der Waals surface area contributed by atoms with Crippen molar-refractivity contribution in [1.29, 1.82) is 0 Å². The van der Waals surface area contributed by atoms with Crippen LogP contribution in [0.25, 0.3) is 10.9 Å². The van der Waals surface area contributed by atoms with E-state index in [0.29, 0.717) is 29.7 Å². The van der Waals surface area contributed by atoms with E-state index in [1.807, 2.05) is 74.9 Å². The zero-order chi connectivity index (χ0) is 27.1. The molecular weight excluding hydrogens is 492 g/mol. The molecule has 2 atom stereocenters. The fourth-order valence-corrected chi connectivity index (χ4v) is 5.98. The topological polar surface area (TPSA) is 98.2 Å². The first-order chi connectivity index (χ1) is 18.9. The molecule has 1 aliphatic carbocycles. The molecule has 2 aromatic carbocycles. The Hall–Kier alpha value is -4.59. The predicted molar refractivity (Wildman–Crippen MR) is 151 cm³/mol. The number of esters is 1. The molecule has 1 unspecified atom stereocenters. The van der Waals surface area contributed by atoms with Gasteiger partial charge in [-0.1, -0.05) is 30.3 Å². The molecule has 2 aliphatic rings. The van der Waals surface area contributed by atoms with Crippen LogP contribution in [0.1, 0.15) is 51.1 Å². The number of para-hydroxylation sites is 1. The number of fused-ring (bicyclic) bond motifs is 1. The van der Waals surface area contributed by atoms with Gasteiger partial charge >= 0.3 is 5.97 Å². The van der Waals surface area contributed by atoms with E-state index in [9.17, 15) is 9.59 Å². The minimum atomic E-state index is -0.548. The number of hydrogen-bond donors (Lipinski definition) is 2. The number of carbonyl (C=O) groups excluding carboxylic acids is 2. The van der Waals surface area contributed by atoms with Crippen LogP contribution < -0.4 is 10.1 Å². The number of allylic oxidation sites excluding steroid dienone is 3. The third kappa shape index (κ3) is 4.41. The number of nitrogens with one attached hydrogen (secondary N) is 2. The number of ether oxygens (including phenoxy) is 2. The first-order valence-electron chi connectivity index (χ1n) is 13.0.